The van der Waals surface area contributed by atoms with Gasteiger partial charge in [-0.05, 0) is 64.2 Å². The topological polar surface area (TPSA) is 102 Å². The van der Waals surface area contributed by atoms with Gasteiger partial charge in [-0.2, -0.15) is 0 Å². The normalized spacial score (nSPS) is 13.3. The molecule has 0 N–H and O–H groups in total. The van der Waals surface area contributed by atoms with Gasteiger partial charge in [-0.1, -0.05) is 178 Å². The number of likely N-dealkylation sites (N-methyl/N-ethyl adjacent to an activating group) is 1. The van der Waals surface area contributed by atoms with Gasteiger partial charge in [0.15, 0.2) is 6.10 Å². The van der Waals surface area contributed by atoms with Crippen LogP contribution in [0.2, 0.25) is 0 Å². The van der Waals surface area contributed by atoms with Crippen LogP contribution < -0.4 is 5.11 Å². The second kappa shape index (κ2) is 43.0. The molecule has 2 unspecified atom stereocenters. The van der Waals surface area contributed by atoms with E-state index in [9.17, 15) is 19.5 Å². The van der Waals surface area contributed by atoms with Crippen LogP contribution in [0, 0.1) is 0 Å². The Bertz CT molecular complexity index is 1120. The number of rotatable bonds is 44. The van der Waals surface area contributed by atoms with Gasteiger partial charge in [-0.3, -0.25) is 9.59 Å². The quantitative estimate of drug-likeness (QED) is 0.0198. The number of carbonyl (C=O) groups is 3. The van der Waals surface area contributed by atoms with E-state index in [2.05, 4.69) is 62.5 Å². The van der Waals surface area contributed by atoms with Crippen molar-refractivity contribution >= 4 is 17.9 Å². The second-order valence-electron chi connectivity index (χ2n) is 17.7. The Morgan fingerprint density at radius 2 is 0.983 bits per heavy atom. The van der Waals surface area contributed by atoms with Crippen molar-refractivity contribution in [2.24, 2.45) is 0 Å². The van der Waals surface area contributed by atoms with Gasteiger partial charge < -0.3 is 28.6 Å². The molecule has 0 aromatic heterocycles. The lowest BCUT2D eigenvalue weighted by atomic mass is 10.0. The van der Waals surface area contributed by atoms with Crippen LogP contribution in [-0.4, -0.2) is 75.5 Å². The third-order valence-electron chi connectivity index (χ3n) is 11.0. The van der Waals surface area contributed by atoms with E-state index in [0.717, 1.165) is 64.2 Å². The largest absolute Gasteiger partial charge is 0.544 e. The van der Waals surface area contributed by atoms with Crippen LogP contribution in [-0.2, 0) is 28.6 Å². The van der Waals surface area contributed by atoms with Gasteiger partial charge in [-0.25, -0.2) is 0 Å². The van der Waals surface area contributed by atoms with E-state index < -0.39 is 18.1 Å². The van der Waals surface area contributed by atoms with Gasteiger partial charge in [0, 0.05) is 19.3 Å². The number of quaternary nitrogens is 1. The molecule has 0 aliphatic rings. The molecule has 0 amide bonds. The van der Waals surface area contributed by atoms with Crippen molar-refractivity contribution < 1.29 is 38.2 Å². The average Bonchev–Trinajstić information content (AvgIpc) is 3.21. The van der Waals surface area contributed by atoms with Gasteiger partial charge in [0.05, 0.1) is 40.3 Å². The third-order valence-corrected chi connectivity index (χ3v) is 11.0. The van der Waals surface area contributed by atoms with Crippen LogP contribution >= 0.6 is 0 Å². The molecule has 0 saturated carbocycles. The van der Waals surface area contributed by atoms with E-state index in [4.69, 9.17) is 14.2 Å². The van der Waals surface area contributed by atoms with E-state index >= 15 is 0 Å². The maximum Gasteiger partial charge on any atom is 0.306 e. The minimum atomic E-state index is -1.13. The summed E-state index contributed by atoms with van der Waals surface area (Å²) in [6, 6.07) is -0.728. The van der Waals surface area contributed by atoms with Crippen molar-refractivity contribution in [3.05, 3.63) is 48.6 Å². The van der Waals surface area contributed by atoms with Gasteiger partial charge in [0.2, 0.25) is 0 Å². The summed E-state index contributed by atoms with van der Waals surface area (Å²) in [6.07, 6.45) is 51.4. The molecule has 0 radical (unpaired) electrons. The average molecular weight is 844 g/mol. The van der Waals surface area contributed by atoms with Crippen LogP contribution in [0.5, 0.6) is 0 Å². The Morgan fingerprint density at radius 3 is 1.47 bits per heavy atom. The molecule has 0 aromatic carbocycles. The molecule has 0 aliphatic heterocycles. The summed E-state index contributed by atoms with van der Waals surface area (Å²) in [7, 11) is 5.41. The first-order chi connectivity index (χ1) is 29.1. The van der Waals surface area contributed by atoms with Gasteiger partial charge >= 0.3 is 11.9 Å². The lowest BCUT2D eigenvalue weighted by Gasteiger charge is -2.34. The summed E-state index contributed by atoms with van der Waals surface area (Å²) < 4.78 is 17.2. The van der Waals surface area contributed by atoms with Crippen LogP contribution in [0.15, 0.2) is 48.6 Å². The zero-order valence-electron chi connectivity index (χ0n) is 39.6. The summed E-state index contributed by atoms with van der Waals surface area (Å²) in [5.74, 6) is -1.74. The zero-order valence-corrected chi connectivity index (χ0v) is 39.6. The molecule has 0 heterocycles. The number of carboxylic acid groups (broad SMARTS) is 1. The van der Waals surface area contributed by atoms with E-state index in [1.54, 1.807) is 21.1 Å². The molecule has 0 spiro atoms. The van der Waals surface area contributed by atoms with E-state index in [-0.39, 0.29) is 42.7 Å². The van der Waals surface area contributed by atoms with Crippen molar-refractivity contribution in [3.8, 4) is 0 Å². The first-order valence-corrected chi connectivity index (χ1v) is 24.7. The minimum absolute atomic E-state index is 0.0375. The van der Waals surface area contributed by atoms with Gasteiger partial charge in [-0.15, -0.1) is 0 Å². The standard InChI is InChI=1S/C52H93NO7/c1-6-8-10-12-14-16-18-20-22-23-24-25-26-27-29-31-33-35-37-39-41-43-51(55)60-48(46-58-45-44-49(52(56)57)53(3,4)5)47-59-50(54)42-40-38-36-34-32-30-28-21-19-17-15-13-11-9-7-2/h8,10,14-17,19,21,48-49H,6-7,9,11-13,18,20,22-47H2,1-5H3/b10-8+,16-14+,17-15+,21-19+. The van der Waals surface area contributed by atoms with Gasteiger partial charge in [0.1, 0.15) is 12.6 Å². The number of aliphatic carboxylic acids is 1. The van der Waals surface area contributed by atoms with Crippen LogP contribution in [0.4, 0.5) is 0 Å². The summed E-state index contributed by atoms with van der Waals surface area (Å²) in [6.45, 7) is 4.54. The lowest BCUT2D eigenvalue weighted by molar-refractivity contribution is -0.889. The molecule has 0 rings (SSSR count). The van der Waals surface area contributed by atoms with E-state index in [1.165, 1.54) is 116 Å². The number of nitrogens with zero attached hydrogens (tertiary/aromatic N) is 1. The number of carboxylic acids is 1. The predicted octanol–water partition coefficient (Wildman–Crippen LogP) is 12.6. The highest BCUT2D eigenvalue weighted by Gasteiger charge is 2.25. The Morgan fingerprint density at radius 1 is 0.533 bits per heavy atom. The summed E-state index contributed by atoms with van der Waals surface area (Å²) in [5.41, 5.74) is 0. The fourth-order valence-corrected chi connectivity index (χ4v) is 7.16. The minimum Gasteiger partial charge on any atom is -0.544 e. The molecule has 60 heavy (non-hydrogen) atoms. The van der Waals surface area contributed by atoms with Crippen molar-refractivity contribution in [1.29, 1.82) is 0 Å². The molecule has 0 saturated heterocycles. The number of carbonyl (C=O) groups excluding carboxylic acids is 3. The smallest absolute Gasteiger partial charge is 0.306 e. The molecule has 0 aromatic rings. The monoisotopic (exact) mass is 844 g/mol. The van der Waals surface area contributed by atoms with Crippen molar-refractivity contribution in [2.75, 3.05) is 41.0 Å². The molecule has 0 bridgehead atoms. The van der Waals surface area contributed by atoms with Crippen LogP contribution in [0.25, 0.3) is 0 Å². The zero-order chi connectivity index (χ0) is 44.2. The number of allylic oxidation sites excluding steroid dienone is 8. The Hall–Kier alpha value is -2.71. The molecule has 8 nitrogen and oxygen atoms in total. The maximum absolute atomic E-state index is 12.8. The molecule has 348 valence electrons. The highest BCUT2D eigenvalue weighted by molar-refractivity contribution is 5.70. The SMILES string of the molecule is CC/C=C/C/C=C/CCCCCCCCCCCCCCCCC(=O)OC(COCCC(C(=O)[O-])[N+](C)(C)C)COC(=O)CCCCCCCC/C=C/C=C/CCCCC. The summed E-state index contributed by atoms with van der Waals surface area (Å²) in [4.78, 5) is 37.0. The molecule has 0 fully saturated rings. The first-order valence-electron chi connectivity index (χ1n) is 24.7. The Labute approximate surface area is 369 Å². The fourth-order valence-electron chi connectivity index (χ4n) is 7.16. The maximum atomic E-state index is 12.8. The predicted molar refractivity (Wildman–Crippen MR) is 250 cm³/mol. The summed E-state index contributed by atoms with van der Waals surface area (Å²) >= 11 is 0. The first kappa shape index (κ1) is 57.3. The molecule has 8 heteroatoms. The third kappa shape index (κ3) is 40.7. The number of hydrogen-bond donors (Lipinski definition) is 0. The molecule has 2 atom stereocenters. The number of ether oxygens (including phenoxy) is 3. The highest BCUT2D eigenvalue weighted by Crippen LogP contribution is 2.15. The molecule has 0 aliphatic carbocycles. The second-order valence-corrected chi connectivity index (χ2v) is 17.7. The van der Waals surface area contributed by atoms with Gasteiger partial charge in [0.25, 0.3) is 0 Å². The highest BCUT2D eigenvalue weighted by atomic mass is 16.6. The van der Waals surface area contributed by atoms with Crippen molar-refractivity contribution in [1.82, 2.24) is 0 Å². The summed E-state index contributed by atoms with van der Waals surface area (Å²) in [5, 5.41) is 11.6. The fraction of sp³-hybridized carbons (Fsp3) is 0.788. The Kier molecular flexibility index (Phi) is 41.0. The number of esters is 2. The number of hydrogen-bond acceptors (Lipinski definition) is 7. The lowest BCUT2D eigenvalue weighted by Crippen LogP contribution is -2.55. The van der Waals surface area contributed by atoms with Crippen LogP contribution in [0.1, 0.15) is 213 Å². The van der Waals surface area contributed by atoms with Crippen molar-refractivity contribution in [2.45, 2.75) is 225 Å². The van der Waals surface area contributed by atoms with Crippen molar-refractivity contribution in [3.63, 3.8) is 0 Å². The molecular weight excluding hydrogens is 751 g/mol. The van der Waals surface area contributed by atoms with E-state index in [1.807, 2.05) is 0 Å². The van der Waals surface area contributed by atoms with E-state index in [0.29, 0.717) is 12.8 Å². The Balaban J connectivity index is 4.25. The van der Waals surface area contributed by atoms with Crippen LogP contribution in [0.3, 0.4) is 0 Å². The molecular formula is C52H93NO7. The number of unbranched alkanes of at least 4 members (excludes halogenated alkanes) is 23.